The van der Waals surface area contributed by atoms with Crippen LogP contribution in [0.4, 0.5) is 0 Å². The molecule has 6 heteroatoms. The van der Waals surface area contributed by atoms with Gasteiger partial charge in [-0.1, -0.05) is 276 Å². The summed E-state index contributed by atoms with van der Waals surface area (Å²) < 4.78 is 16.9. The number of rotatable bonds is 57. The summed E-state index contributed by atoms with van der Waals surface area (Å²) in [4.78, 5) is 38.2. The van der Waals surface area contributed by atoms with E-state index in [0.29, 0.717) is 19.3 Å². The summed E-state index contributed by atoms with van der Waals surface area (Å²) in [6, 6.07) is 0. The smallest absolute Gasteiger partial charge is 0.306 e. The molecule has 0 saturated heterocycles. The Morgan fingerprint density at radius 2 is 0.478 bits per heavy atom. The number of ether oxygens (including phenoxy) is 3. The molecule has 69 heavy (non-hydrogen) atoms. The average molecular weight is 972 g/mol. The molecule has 0 radical (unpaired) electrons. The Bertz CT molecular complexity index is 1110. The van der Waals surface area contributed by atoms with Crippen molar-refractivity contribution in [2.45, 2.75) is 348 Å². The highest BCUT2D eigenvalue weighted by molar-refractivity contribution is 5.71. The van der Waals surface area contributed by atoms with Crippen molar-refractivity contribution in [2.24, 2.45) is 0 Å². The number of allylic oxidation sites excluding steroid dienone is 4. The predicted octanol–water partition coefficient (Wildman–Crippen LogP) is 20.7. The predicted molar refractivity (Wildman–Crippen MR) is 298 cm³/mol. The van der Waals surface area contributed by atoms with Crippen LogP contribution in [0.2, 0.25) is 0 Å². The Labute approximate surface area is 430 Å². The van der Waals surface area contributed by atoms with E-state index in [2.05, 4.69) is 45.1 Å². The molecular weight excluding hydrogens is 853 g/mol. The minimum atomic E-state index is -0.773. The van der Waals surface area contributed by atoms with Crippen molar-refractivity contribution in [3.8, 4) is 0 Å². The van der Waals surface area contributed by atoms with Crippen molar-refractivity contribution in [3.63, 3.8) is 0 Å². The zero-order valence-electron chi connectivity index (χ0n) is 46.6. The lowest BCUT2D eigenvalue weighted by atomic mass is 10.0. The van der Waals surface area contributed by atoms with Gasteiger partial charge < -0.3 is 14.2 Å². The van der Waals surface area contributed by atoms with Gasteiger partial charge in [-0.3, -0.25) is 14.4 Å². The van der Waals surface area contributed by atoms with Crippen LogP contribution in [-0.4, -0.2) is 37.2 Å². The van der Waals surface area contributed by atoms with Crippen LogP contribution >= 0.6 is 0 Å². The maximum absolute atomic E-state index is 12.9. The molecule has 1 unspecified atom stereocenters. The van der Waals surface area contributed by atoms with E-state index in [0.717, 1.165) is 64.2 Å². The van der Waals surface area contributed by atoms with E-state index < -0.39 is 6.10 Å². The molecule has 0 aromatic rings. The lowest BCUT2D eigenvalue weighted by Gasteiger charge is -2.18. The third-order valence-electron chi connectivity index (χ3n) is 13.9. The van der Waals surface area contributed by atoms with Crippen LogP contribution in [0.25, 0.3) is 0 Å². The van der Waals surface area contributed by atoms with Crippen molar-refractivity contribution >= 4 is 17.9 Å². The second-order valence-corrected chi connectivity index (χ2v) is 21.0. The molecule has 0 bridgehead atoms. The molecule has 0 heterocycles. The van der Waals surface area contributed by atoms with Gasteiger partial charge in [-0.2, -0.15) is 0 Å². The van der Waals surface area contributed by atoms with Gasteiger partial charge in [0.05, 0.1) is 0 Å². The molecule has 0 rings (SSSR count). The van der Waals surface area contributed by atoms with E-state index in [9.17, 15) is 14.4 Å². The van der Waals surface area contributed by atoms with Crippen LogP contribution < -0.4 is 0 Å². The lowest BCUT2D eigenvalue weighted by molar-refractivity contribution is -0.167. The van der Waals surface area contributed by atoms with Gasteiger partial charge in [0.2, 0.25) is 0 Å². The first-order valence-corrected chi connectivity index (χ1v) is 30.8. The Hall–Kier alpha value is -2.11. The first kappa shape index (κ1) is 66.9. The van der Waals surface area contributed by atoms with E-state index in [1.165, 1.54) is 238 Å². The first-order chi connectivity index (χ1) is 34.0. The topological polar surface area (TPSA) is 78.9 Å². The molecule has 0 aliphatic carbocycles. The molecule has 0 aliphatic rings. The van der Waals surface area contributed by atoms with Gasteiger partial charge in [0.1, 0.15) is 13.2 Å². The van der Waals surface area contributed by atoms with Crippen molar-refractivity contribution < 1.29 is 28.6 Å². The fourth-order valence-electron chi connectivity index (χ4n) is 9.26. The van der Waals surface area contributed by atoms with Gasteiger partial charge in [0.15, 0.2) is 6.10 Å². The van der Waals surface area contributed by atoms with Crippen LogP contribution in [0, 0.1) is 0 Å². The van der Waals surface area contributed by atoms with E-state index in [1.807, 2.05) is 0 Å². The number of hydrogen-bond acceptors (Lipinski definition) is 6. The molecule has 6 nitrogen and oxygen atoms in total. The van der Waals surface area contributed by atoms with Crippen molar-refractivity contribution in [1.29, 1.82) is 0 Å². The fraction of sp³-hybridized carbons (Fsp3) is 0.889. The minimum absolute atomic E-state index is 0.0710. The minimum Gasteiger partial charge on any atom is -0.462 e. The van der Waals surface area contributed by atoms with Gasteiger partial charge in [0, 0.05) is 19.3 Å². The summed E-state index contributed by atoms with van der Waals surface area (Å²) in [6.07, 6.45) is 68.9. The Balaban J connectivity index is 4.27. The third-order valence-corrected chi connectivity index (χ3v) is 13.9. The molecule has 0 N–H and O–H groups in total. The second kappa shape index (κ2) is 58.5. The quantitative estimate of drug-likeness (QED) is 0.0261. The maximum atomic E-state index is 12.9. The maximum Gasteiger partial charge on any atom is 0.306 e. The van der Waals surface area contributed by atoms with Crippen molar-refractivity contribution in [1.82, 2.24) is 0 Å². The van der Waals surface area contributed by atoms with Crippen LogP contribution in [-0.2, 0) is 28.6 Å². The number of esters is 3. The van der Waals surface area contributed by atoms with Crippen LogP contribution in [0.3, 0.4) is 0 Å². The molecular formula is C63H118O6. The molecule has 0 saturated carbocycles. The molecule has 0 spiro atoms. The molecule has 0 aromatic carbocycles. The highest BCUT2D eigenvalue weighted by atomic mass is 16.6. The van der Waals surface area contributed by atoms with Gasteiger partial charge in [-0.05, 0) is 70.6 Å². The number of carbonyl (C=O) groups is 3. The summed E-state index contributed by atoms with van der Waals surface area (Å²) in [7, 11) is 0. The van der Waals surface area contributed by atoms with Crippen molar-refractivity contribution in [2.75, 3.05) is 13.2 Å². The van der Waals surface area contributed by atoms with E-state index in [1.54, 1.807) is 0 Å². The highest BCUT2D eigenvalue weighted by Crippen LogP contribution is 2.17. The number of hydrogen-bond donors (Lipinski definition) is 0. The zero-order valence-corrected chi connectivity index (χ0v) is 46.6. The average Bonchev–Trinajstić information content (AvgIpc) is 3.35. The Morgan fingerprint density at radius 3 is 0.754 bits per heavy atom. The largest absolute Gasteiger partial charge is 0.462 e. The highest BCUT2D eigenvalue weighted by Gasteiger charge is 2.19. The Morgan fingerprint density at radius 1 is 0.275 bits per heavy atom. The van der Waals surface area contributed by atoms with Gasteiger partial charge in [0.25, 0.3) is 0 Å². The monoisotopic (exact) mass is 971 g/mol. The van der Waals surface area contributed by atoms with Crippen LogP contribution in [0.15, 0.2) is 24.3 Å². The zero-order chi connectivity index (χ0) is 50.0. The summed E-state index contributed by atoms with van der Waals surface area (Å²) in [6.45, 7) is 6.66. The van der Waals surface area contributed by atoms with Gasteiger partial charge >= 0.3 is 17.9 Å². The summed E-state index contributed by atoms with van der Waals surface area (Å²) in [5.74, 6) is -0.862. The number of unbranched alkanes of at least 4 members (excludes halogenated alkanes) is 42. The summed E-state index contributed by atoms with van der Waals surface area (Å²) in [5.41, 5.74) is 0. The molecule has 0 aromatic heterocycles. The fourth-order valence-corrected chi connectivity index (χ4v) is 9.26. The second-order valence-electron chi connectivity index (χ2n) is 21.0. The normalized spacial score (nSPS) is 12.1. The van der Waals surface area contributed by atoms with Gasteiger partial charge in [-0.15, -0.1) is 0 Å². The standard InChI is InChI=1S/C63H118O6/c1-4-7-10-13-16-19-22-25-27-29-31-32-33-35-36-38-41-44-47-50-53-56-62(65)68-59-60(58-67-61(64)55-52-49-46-43-40-24-21-18-15-12-9-6-3)69-63(66)57-54-51-48-45-42-39-37-34-30-28-26-23-20-17-14-11-8-5-2/h18,21,28,30,60H,4-17,19-20,22-27,29,31-59H2,1-3H3/b21-18-,30-28-. The molecule has 1 atom stereocenters. The SMILES string of the molecule is CCCCC/C=C\CCCCCCCC(=O)OCC(COC(=O)CCCCCCCCCCCCCCCCCCCCCCC)OC(=O)CCCCCCCCC/C=C\CCCCCCCCC. The molecule has 406 valence electrons. The van der Waals surface area contributed by atoms with E-state index in [4.69, 9.17) is 14.2 Å². The number of carbonyl (C=O) groups excluding carboxylic acids is 3. The molecule has 0 fully saturated rings. The van der Waals surface area contributed by atoms with Gasteiger partial charge in [-0.25, -0.2) is 0 Å². The lowest BCUT2D eigenvalue weighted by Crippen LogP contribution is -2.30. The van der Waals surface area contributed by atoms with Crippen LogP contribution in [0.5, 0.6) is 0 Å². The summed E-state index contributed by atoms with van der Waals surface area (Å²) in [5, 5.41) is 0. The van der Waals surface area contributed by atoms with Crippen LogP contribution in [0.1, 0.15) is 342 Å². The van der Waals surface area contributed by atoms with E-state index in [-0.39, 0.29) is 31.1 Å². The third kappa shape index (κ3) is 56.7. The molecule has 0 aliphatic heterocycles. The summed E-state index contributed by atoms with van der Waals surface area (Å²) >= 11 is 0. The molecule has 0 amide bonds. The Kier molecular flexibility index (Phi) is 56.7. The first-order valence-electron chi connectivity index (χ1n) is 30.8. The van der Waals surface area contributed by atoms with Crippen molar-refractivity contribution in [3.05, 3.63) is 24.3 Å². The van der Waals surface area contributed by atoms with E-state index >= 15 is 0 Å².